The summed E-state index contributed by atoms with van der Waals surface area (Å²) in [7, 11) is 3.48. The van der Waals surface area contributed by atoms with Crippen molar-refractivity contribution in [1.82, 2.24) is 4.90 Å². The molecule has 4 heteroatoms. The van der Waals surface area contributed by atoms with Crippen LogP contribution in [-0.4, -0.2) is 36.6 Å². The van der Waals surface area contributed by atoms with E-state index in [-0.39, 0.29) is 17.6 Å². The zero-order valence-corrected chi connectivity index (χ0v) is 12.4. The van der Waals surface area contributed by atoms with Gasteiger partial charge in [-0.25, -0.2) is 0 Å². The molecular formula is C15H20ClNO2. The second-order valence-electron chi connectivity index (χ2n) is 4.79. The first-order chi connectivity index (χ1) is 8.97. The Morgan fingerprint density at radius 1 is 1.21 bits per heavy atom. The third kappa shape index (κ3) is 4.35. The normalized spacial score (nSPS) is 12.0. The van der Waals surface area contributed by atoms with Gasteiger partial charge in [-0.2, -0.15) is 0 Å². The fourth-order valence-corrected chi connectivity index (χ4v) is 1.99. The molecule has 0 heterocycles. The third-order valence-corrected chi connectivity index (χ3v) is 3.35. The maximum atomic E-state index is 11.8. The average molecular weight is 282 g/mol. The summed E-state index contributed by atoms with van der Waals surface area (Å²) in [5.74, 6) is 0.458. The van der Waals surface area contributed by atoms with Crippen molar-refractivity contribution in [2.45, 2.75) is 25.7 Å². The molecule has 1 rings (SSSR count). The number of ketones is 1. The Morgan fingerprint density at radius 3 is 2.26 bits per heavy atom. The topological polar surface area (TPSA) is 37.4 Å². The zero-order valence-electron chi connectivity index (χ0n) is 11.6. The predicted molar refractivity (Wildman–Crippen MR) is 77.8 cm³/mol. The van der Waals surface area contributed by atoms with Crippen LogP contribution in [0.2, 0.25) is 0 Å². The van der Waals surface area contributed by atoms with Crippen molar-refractivity contribution in [2.75, 3.05) is 20.0 Å². The zero-order chi connectivity index (χ0) is 14.4. The van der Waals surface area contributed by atoms with Crippen LogP contribution in [-0.2, 0) is 4.79 Å². The largest absolute Gasteiger partial charge is 0.348 e. The minimum Gasteiger partial charge on any atom is -0.348 e. The van der Waals surface area contributed by atoms with E-state index < -0.39 is 0 Å². The van der Waals surface area contributed by atoms with Crippen molar-refractivity contribution in [2.24, 2.45) is 0 Å². The van der Waals surface area contributed by atoms with Crippen LogP contribution in [0.25, 0.3) is 0 Å². The molecule has 1 unspecified atom stereocenters. The van der Waals surface area contributed by atoms with E-state index in [1.54, 1.807) is 31.1 Å². The second-order valence-corrected chi connectivity index (χ2v) is 5.17. The Hall–Kier alpha value is -1.35. The highest BCUT2D eigenvalue weighted by Gasteiger charge is 2.17. The van der Waals surface area contributed by atoms with E-state index >= 15 is 0 Å². The van der Waals surface area contributed by atoms with E-state index in [1.807, 2.05) is 19.1 Å². The molecule has 0 N–H and O–H groups in total. The van der Waals surface area contributed by atoms with Gasteiger partial charge in [0.2, 0.25) is 5.91 Å². The summed E-state index contributed by atoms with van der Waals surface area (Å²) in [5, 5.41) is 0. The van der Waals surface area contributed by atoms with E-state index in [0.29, 0.717) is 24.3 Å². The number of nitrogens with zero attached hydrogens (tertiary/aromatic N) is 1. The summed E-state index contributed by atoms with van der Waals surface area (Å²) in [6.07, 6.45) is 1.16. The van der Waals surface area contributed by atoms with Crippen LogP contribution in [0.3, 0.4) is 0 Å². The van der Waals surface area contributed by atoms with Gasteiger partial charge in [0.25, 0.3) is 0 Å². The fraction of sp³-hybridized carbons (Fsp3) is 0.467. The predicted octanol–water partition coefficient (Wildman–Crippen LogP) is 3.08. The molecule has 0 aliphatic heterocycles. The number of alkyl halides is 1. The van der Waals surface area contributed by atoms with Gasteiger partial charge in [0.1, 0.15) is 0 Å². The number of carbonyl (C=O) groups is 2. The molecule has 1 aromatic rings. The van der Waals surface area contributed by atoms with Gasteiger partial charge in [-0.05, 0) is 18.9 Å². The molecule has 0 bridgehead atoms. The number of halogens is 1. The van der Waals surface area contributed by atoms with Gasteiger partial charge in [0.05, 0.1) is 5.92 Å². The Balaban J connectivity index is 2.76. The first-order valence-electron chi connectivity index (χ1n) is 6.37. The molecule has 0 aromatic heterocycles. The van der Waals surface area contributed by atoms with Crippen LogP contribution in [0.1, 0.15) is 41.6 Å². The highest BCUT2D eigenvalue weighted by molar-refractivity contribution is 6.18. The Labute approximate surface area is 119 Å². The number of amides is 1. The van der Waals surface area contributed by atoms with E-state index in [1.165, 1.54) is 0 Å². The van der Waals surface area contributed by atoms with Crippen molar-refractivity contribution in [1.29, 1.82) is 0 Å². The molecule has 0 spiro atoms. The van der Waals surface area contributed by atoms with Crippen molar-refractivity contribution in [3.8, 4) is 0 Å². The number of benzene rings is 1. The van der Waals surface area contributed by atoms with Crippen LogP contribution in [0.15, 0.2) is 24.3 Å². The van der Waals surface area contributed by atoms with Crippen LogP contribution in [0.5, 0.6) is 0 Å². The minimum atomic E-state index is -0.193. The summed E-state index contributed by atoms with van der Waals surface area (Å²) >= 11 is 5.57. The van der Waals surface area contributed by atoms with E-state index in [4.69, 9.17) is 11.6 Å². The highest BCUT2D eigenvalue weighted by Crippen LogP contribution is 2.18. The summed E-state index contributed by atoms with van der Waals surface area (Å²) in [6.45, 7) is 1.87. The number of hydrogen-bond donors (Lipinski definition) is 0. The van der Waals surface area contributed by atoms with Gasteiger partial charge in [-0.15, -0.1) is 11.6 Å². The molecule has 0 saturated heterocycles. The van der Waals surface area contributed by atoms with Crippen molar-refractivity contribution in [3.63, 3.8) is 0 Å². The molecule has 0 aliphatic rings. The van der Waals surface area contributed by atoms with Crippen molar-refractivity contribution >= 4 is 23.3 Å². The lowest BCUT2D eigenvalue weighted by Crippen LogP contribution is -2.26. The summed E-state index contributed by atoms with van der Waals surface area (Å²) < 4.78 is 0. The van der Waals surface area contributed by atoms with Gasteiger partial charge in [-0.1, -0.05) is 24.3 Å². The number of Topliss-reactive ketones (excluding diaryl/α,β-unsaturated/α-hetero) is 1. The van der Waals surface area contributed by atoms with Crippen LogP contribution < -0.4 is 0 Å². The van der Waals surface area contributed by atoms with Crippen LogP contribution in [0, 0.1) is 0 Å². The lowest BCUT2D eigenvalue weighted by Gasteiger charge is -2.17. The molecule has 1 atom stereocenters. The third-order valence-electron chi connectivity index (χ3n) is 3.08. The number of carbonyl (C=O) groups excluding carboxylic acids is 2. The molecule has 0 fully saturated rings. The van der Waals surface area contributed by atoms with Crippen LogP contribution in [0.4, 0.5) is 0 Å². The lowest BCUT2D eigenvalue weighted by atomic mass is 9.97. The molecule has 1 aromatic carbocycles. The molecular weight excluding hydrogens is 262 g/mol. The van der Waals surface area contributed by atoms with Gasteiger partial charge in [-0.3, -0.25) is 9.59 Å². The Morgan fingerprint density at radius 2 is 1.79 bits per heavy atom. The molecule has 104 valence electrons. The highest BCUT2D eigenvalue weighted by atomic mass is 35.5. The number of hydrogen-bond acceptors (Lipinski definition) is 2. The quantitative estimate of drug-likeness (QED) is 0.594. The molecule has 1 amide bonds. The summed E-state index contributed by atoms with van der Waals surface area (Å²) in [5.41, 5.74) is 1.60. The maximum absolute atomic E-state index is 11.8. The number of rotatable bonds is 6. The fourth-order valence-electron chi connectivity index (χ4n) is 1.86. The molecule has 0 aliphatic carbocycles. The smallest absolute Gasteiger partial charge is 0.229 e. The van der Waals surface area contributed by atoms with Gasteiger partial charge in [0.15, 0.2) is 5.78 Å². The van der Waals surface area contributed by atoms with Crippen LogP contribution >= 0.6 is 11.6 Å². The van der Waals surface area contributed by atoms with Gasteiger partial charge in [0, 0.05) is 32.0 Å². The maximum Gasteiger partial charge on any atom is 0.229 e. The lowest BCUT2D eigenvalue weighted by molar-refractivity contribution is -0.129. The molecule has 0 saturated carbocycles. The summed E-state index contributed by atoms with van der Waals surface area (Å²) in [6, 6.07) is 7.26. The minimum absolute atomic E-state index is 0.0567. The molecule has 19 heavy (non-hydrogen) atoms. The standard InChI is InChI=1S/C15H20ClNO2/c1-11(15(19)17(2)3)12-6-8-13(9-7-12)14(18)5-4-10-16/h6-9,11H,4-5,10H2,1-3H3. The molecule has 3 nitrogen and oxygen atoms in total. The first-order valence-corrected chi connectivity index (χ1v) is 6.91. The SMILES string of the molecule is CC(C(=O)N(C)C)c1ccc(C(=O)CCCCl)cc1. The van der Waals surface area contributed by atoms with E-state index in [9.17, 15) is 9.59 Å². The Kier molecular flexibility index (Phi) is 6.03. The molecule has 0 radical (unpaired) electrons. The summed E-state index contributed by atoms with van der Waals surface area (Å²) in [4.78, 5) is 25.2. The van der Waals surface area contributed by atoms with Crippen molar-refractivity contribution in [3.05, 3.63) is 35.4 Å². The Bertz CT molecular complexity index is 440. The number of likely N-dealkylation sites (N-methyl/N-ethyl adjacent to an activating group) is 1. The average Bonchev–Trinajstić information content (AvgIpc) is 2.43. The first kappa shape index (κ1) is 15.7. The van der Waals surface area contributed by atoms with Gasteiger partial charge < -0.3 is 4.90 Å². The van der Waals surface area contributed by atoms with E-state index in [0.717, 1.165) is 5.56 Å². The van der Waals surface area contributed by atoms with E-state index in [2.05, 4.69) is 0 Å². The second kappa shape index (κ2) is 7.29. The van der Waals surface area contributed by atoms with Crippen molar-refractivity contribution < 1.29 is 9.59 Å². The van der Waals surface area contributed by atoms with Gasteiger partial charge >= 0.3 is 0 Å². The monoisotopic (exact) mass is 281 g/mol.